The molecule has 0 amide bonds. The molecule has 12 heteroatoms. The zero-order valence-corrected chi connectivity index (χ0v) is 20.9. The van der Waals surface area contributed by atoms with Crippen LogP contribution < -0.4 is 30.6 Å². The minimum atomic E-state index is -1.79. The summed E-state index contributed by atoms with van der Waals surface area (Å²) < 4.78 is 52.7. The van der Waals surface area contributed by atoms with Gasteiger partial charge in [0.2, 0.25) is 5.43 Å². The molecular weight excluding hydrogens is 503 g/mol. The number of nitrogens with one attached hydrogen (secondary N) is 2. The average molecular weight is 532 g/mol. The van der Waals surface area contributed by atoms with Gasteiger partial charge in [-0.3, -0.25) is 4.79 Å². The topological polar surface area (TPSA) is 99.1 Å². The summed E-state index contributed by atoms with van der Waals surface area (Å²) in [6, 6.07) is 5.40. The average Bonchev–Trinajstić information content (AvgIpc) is 2.86. The predicted molar refractivity (Wildman–Crippen MR) is 137 cm³/mol. The van der Waals surface area contributed by atoms with Crippen LogP contribution in [0, 0.1) is 17.5 Å². The second kappa shape index (κ2) is 10.2. The van der Waals surface area contributed by atoms with E-state index in [1.807, 2.05) is 18.7 Å². The van der Waals surface area contributed by atoms with Gasteiger partial charge < -0.3 is 34.8 Å². The smallest absolute Gasteiger partial charge is 0.449 e. The lowest BCUT2D eigenvalue weighted by Crippen LogP contribution is -2.49. The minimum absolute atomic E-state index is 0.0375. The quantitative estimate of drug-likeness (QED) is 0.442. The minimum Gasteiger partial charge on any atom is -0.449 e. The van der Waals surface area contributed by atoms with Crippen molar-refractivity contribution in [1.82, 2.24) is 15.2 Å². The van der Waals surface area contributed by atoms with Crippen LogP contribution in [-0.2, 0) is 0 Å². The van der Waals surface area contributed by atoms with Crippen LogP contribution in [-0.4, -0.2) is 67.2 Å². The van der Waals surface area contributed by atoms with Gasteiger partial charge in [0, 0.05) is 57.0 Å². The number of piperazine rings is 2. The summed E-state index contributed by atoms with van der Waals surface area (Å²) in [6.07, 6.45) is -0.862. The molecule has 1 aromatic heterocycles. The molecule has 9 nitrogen and oxygen atoms in total. The number of nitrogens with zero attached hydrogens (tertiary/aromatic N) is 3. The van der Waals surface area contributed by atoms with Gasteiger partial charge in [-0.1, -0.05) is 0 Å². The number of ether oxygens (including phenoxy) is 1. The van der Waals surface area contributed by atoms with Crippen molar-refractivity contribution in [2.75, 3.05) is 49.1 Å². The molecule has 0 radical (unpaired) electrons. The fourth-order valence-corrected chi connectivity index (χ4v) is 5.22. The molecule has 202 valence electrons. The van der Waals surface area contributed by atoms with Crippen LogP contribution in [0.5, 0.6) is 5.75 Å². The SMILES string of the molecule is CC1CN(c2ccc(-n3cc(OC(=O)O)c(=O)c4cc(F)c(N5CCNC(C)C5)c(F)c43)c(F)c2)CCN1. The van der Waals surface area contributed by atoms with E-state index in [0.717, 1.165) is 23.4 Å². The van der Waals surface area contributed by atoms with Crippen molar-refractivity contribution < 1.29 is 27.8 Å². The van der Waals surface area contributed by atoms with Gasteiger partial charge in [0.25, 0.3) is 0 Å². The number of benzene rings is 2. The molecule has 2 aliphatic rings. The molecule has 38 heavy (non-hydrogen) atoms. The fourth-order valence-electron chi connectivity index (χ4n) is 5.22. The Morgan fingerprint density at radius 2 is 1.66 bits per heavy atom. The Morgan fingerprint density at radius 3 is 2.29 bits per heavy atom. The first-order valence-electron chi connectivity index (χ1n) is 12.4. The predicted octanol–water partition coefficient (Wildman–Crippen LogP) is 3.06. The maximum atomic E-state index is 16.2. The molecule has 3 N–H and O–H groups in total. The highest BCUT2D eigenvalue weighted by Crippen LogP contribution is 2.34. The van der Waals surface area contributed by atoms with Gasteiger partial charge >= 0.3 is 6.16 Å². The van der Waals surface area contributed by atoms with Crippen LogP contribution in [0.4, 0.5) is 29.3 Å². The van der Waals surface area contributed by atoms with Crippen LogP contribution in [0.15, 0.2) is 35.3 Å². The number of hydrogen-bond donors (Lipinski definition) is 3. The molecule has 3 heterocycles. The van der Waals surface area contributed by atoms with Gasteiger partial charge in [-0.25, -0.2) is 18.0 Å². The van der Waals surface area contributed by atoms with Crippen LogP contribution in [0.1, 0.15) is 13.8 Å². The first-order valence-corrected chi connectivity index (χ1v) is 12.4. The summed E-state index contributed by atoms with van der Waals surface area (Å²) >= 11 is 0. The zero-order chi connectivity index (χ0) is 27.1. The van der Waals surface area contributed by atoms with Gasteiger partial charge in [0.05, 0.1) is 22.8 Å². The normalized spacial score (nSPS) is 20.1. The summed E-state index contributed by atoms with van der Waals surface area (Å²) in [6.45, 7) is 7.09. The standard InChI is InChI=1S/C26H28F3N5O4/c1-14-11-32(7-5-30-14)16-3-4-20(18(27)9-16)34-13-21(38-26(36)37)25(35)17-10-19(28)24(22(29)23(17)34)33-8-6-31-15(2)12-33/h3-4,9-10,13-15,30-31H,5-8,11-12H2,1-2H3,(H,36,37). The Balaban J connectivity index is 1.71. The van der Waals surface area contributed by atoms with Gasteiger partial charge in [-0.2, -0.15) is 0 Å². The molecule has 2 unspecified atom stereocenters. The lowest BCUT2D eigenvalue weighted by atomic mass is 10.1. The van der Waals surface area contributed by atoms with Crippen molar-refractivity contribution in [2.24, 2.45) is 0 Å². The number of carboxylic acid groups (broad SMARTS) is 1. The van der Waals surface area contributed by atoms with Crippen molar-refractivity contribution in [3.8, 4) is 11.4 Å². The van der Waals surface area contributed by atoms with Crippen molar-refractivity contribution >= 4 is 28.4 Å². The van der Waals surface area contributed by atoms with Crippen molar-refractivity contribution in [3.63, 3.8) is 0 Å². The molecule has 2 aromatic carbocycles. The van der Waals surface area contributed by atoms with E-state index >= 15 is 13.2 Å². The van der Waals surface area contributed by atoms with Crippen LogP contribution >= 0.6 is 0 Å². The summed E-state index contributed by atoms with van der Waals surface area (Å²) in [5, 5.41) is 15.2. The second-order valence-electron chi connectivity index (χ2n) is 9.72. The monoisotopic (exact) mass is 531 g/mol. The van der Waals surface area contributed by atoms with E-state index in [1.54, 1.807) is 6.07 Å². The Hall–Kier alpha value is -3.77. The lowest BCUT2D eigenvalue weighted by Gasteiger charge is -2.34. The number of aromatic nitrogens is 1. The van der Waals surface area contributed by atoms with E-state index in [2.05, 4.69) is 15.4 Å². The zero-order valence-electron chi connectivity index (χ0n) is 20.9. The molecular formula is C26H28F3N5O4. The first kappa shape index (κ1) is 25.9. The van der Waals surface area contributed by atoms with E-state index in [1.165, 1.54) is 17.0 Å². The highest BCUT2D eigenvalue weighted by atomic mass is 19.1. The molecule has 5 rings (SSSR count). The number of anilines is 2. The van der Waals surface area contributed by atoms with Crippen molar-refractivity contribution in [2.45, 2.75) is 25.9 Å². The number of pyridine rings is 1. The second-order valence-corrected chi connectivity index (χ2v) is 9.72. The maximum Gasteiger partial charge on any atom is 0.511 e. The number of halogens is 3. The van der Waals surface area contributed by atoms with E-state index in [0.29, 0.717) is 38.4 Å². The van der Waals surface area contributed by atoms with Crippen molar-refractivity contribution in [3.05, 3.63) is 58.1 Å². The van der Waals surface area contributed by atoms with Gasteiger partial charge in [-0.05, 0) is 38.1 Å². The number of carbonyl (C=O) groups is 1. The molecule has 2 atom stereocenters. The van der Waals surface area contributed by atoms with Crippen molar-refractivity contribution in [1.29, 1.82) is 0 Å². The molecule has 2 aliphatic heterocycles. The highest BCUT2D eigenvalue weighted by Gasteiger charge is 2.28. The van der Waals surface area contributed by atoms with E-state index in [9.17, 15) is 9.59 Å². The Bertz CT molecular complexity index is 1460. The highest BCUT2D eigenvalue weighted by molar-refractivity contribution is 5.87. The third-order valence-electron chi connectivity index (χ3n) is 6.93. The van der Waals surface area contributed by atoms with Crippen LogP contribution in [0.2, 0.25) is 0 Å². The van der Waals surface area contributed by atoms with E-state index in [-0.39, 0.29) is 29.0 Å². The Kier molecular flexibility index (Phi) is 6.93. The summed E-state index contributed by atoms with van der Waals surface area (Å²) in [5.74, 6) is -3.47. The maximum absolute atomic E-state index is 16.2. The van der Waals surface area contributed by atoms with Gasteiger partial charge in [-0.15, -0.1) is 0 Å². The molecule has 2 fully saturated rings. The molecule has 0 aliphatic carbocycles. The summed E-state index contributed by atoms with van der Waals surface area (Å²) in [4.78, 5) is 27.8. The molecule has 0 bridgehead atoms. The van der Waals surface area contributed by atoms with Gasteiger partial charge in [0.1, 0.15) is 17.3 Å². The van der Waals surface area contributed by atoms with E-state index in [4.69, 9.17) is 5.11 Å². The van der Waals surface area contributed by atoms with E-state index < -0.39 is 40.2 Å². The Morgan fingerprint density at radius 1 is 1.00 bits per heavy atom. The molecule has 0 spiro atoms. The van der Waals surface area contributed by atoms with Crippen LogP contribution in [0.3, 0.4) is 0 Å². The largest absolute Gasteiger partial charge is 0.511 e. The van der Waals surface area contributed by atoms with Gasteiger partial charge in [0.15, 0.2) is 11.6 Å². The number of fused-ring (bicyclic) bond motifs is 1. The number of rotatable bonds is 4. The fraction of sp³-hybridized carbons (Fsp3) is 0.385. The summed E-state index contributed by atoms with van der Waals surface area (Å²) in [7, 11) is 0. The Labute approximate surface area is 216 Å². The molecule has 3 aromatic rings. The third-order valence-corrected chi connectivity index (χ3v) is 6.93. The lowest BCUT2D eigenvalue weighted by molar-refractivity contribution is 0.144. The molecule has 0 saturated carbocycles. The number of hydrogen-bond acceptors (Lipinski definition) is 7. The molecule has 2 saturated heterocycles. The first-order chi connectivity index (χ1) is 18.1. The summed E-state index contributed by atoms with van der Waals surface area (Å²) in [5.41, 5.74) is -1.27. The third kappa shape index (κ3) is 4.76. The van der Waals surface area contributed by atoms with Crippen LogP contribution in [0.25, 0.3) is 16.6 Å².